The molecule has 2 aliphatic heterocycles. The largest absolute Gasteiger partial charge is 0.367 e. The standard InChI is InChI=1S/C14H20BrN3OS/c1-8(2)12-11(15)14(20)17-13(16-12)10-6-18-5-3-4-9(18)7-19-10/h8-10H,3-7H2,1-2H3,(H,16,17,20). The van der Waals surface area contributed by atoms with E-state index in [4.69, 9.17) is 17.0 Å². The van der Waals surface area contributed by atoms with Gasteiger partial charge in [0.2, 0.25) is 0 Å². The van der Waals surface area contributed by atoms with Crippen molar-refractivity contribution in [2.45, 2.75) is 44.8 Å². The fourth-order valence-electron chi connectivity index (χ4n) is 3.03. The van der Waals surface area contributed by atoms with Crippen molar-refractivity contribution in [1.82, 2.24) is 14.9 Å². The van der Waals surface area contributed by atoms with Gasteiger partial charge in [0, 0.05) is 18.3 Å². The van der Waals surface area contributed by atoms with E-state index < -0.39 is 0 Å². The summed E-state index contributed by atoms with van der Waals surface area (Å²) in [6.45, 7) is 7.20. The van der Waals surface area contributed by atoms with Crippen molar-refractivity contribution in [2.75, 3.05) is 19.7 Å². The van der Waals surface area contributed by atoms with Crippen LogP contribution in [0.5, 0.6) is 0 Å². The van der Waals surface area contributed by atoms with E-state index in [-0.39, 0.29) is 6.10 Å². The van der Waals surface area contributed by atoms with Crippen molar-refractivity contribution in [3.05, 3.63) is 20.6 Å². The molecule has 1 aromatic heterocycles. The van der Waals surface area contributed by atoms with Gasteiger partial charge in [-0.2, -0.15) is 0 Å². The molecule has 1 N–H and O–H groups in total. The molecule has 0 spiro atoms. The number of H-pyrrole nitrogens is 1. The van der Waals surface area contributed by atoms with Gasteiger partial charge in [0.1, 0.15) is 16.6 Å². The molecule has 0 aliphatic carbocycles. The van der Waals surface area contributed by atoms with E-state index in [9.17, 15) is 0 Å². The molecule has 0 saturated carbocycles. The Morgan fingerprint density at radius 3 is 3.05 bits per heavy atom. The van der Waals surface area contributed by atoms with Crippen LogP contribution in [0.4, 0.5) is 0 Å². The van der Waals surface area contributed by atoms with Gasteiger partial charge in [-0.25, -0.2) is 4.98 Å². The Morgan fingerprint density at radius 1 is 1.50 bits per heavy atom. The zero-order valence-electron chi connectivity index (χ0n) is 11.9. The second-order valence-electron chi connectivity index (χ2n) is 5.92. The fourth-order valence-corrected chi connectivity index (χ4v) is 3.88. The van der Waals surface area contributed by atoms with E-state index in [1.54, 1.807) is 0 Å². The molecule has 1 aromatic rings. The SMILES string of the molecule is CC(C)c1[nH]c(C2CN3CCCC3CO2)nc(=S)c1Br. The van der Waals surface area contributed by atoms with Gasteiger partial charge in [-0.15, -0.1) is 0 Å². The molecule has 3 heterocycles. The highest BCUT2D eigenvalue weighted by molar-refractivity contribution is 9.10. The number of aromatic nitrogens is 2. The molecule has 2 unspecified atom stereocenters. The molecule has 20 heavy (non-hydrogen) atoms. The molecule has 2 aliphatic rings. The highest BCUT2D eigenvalue weighted by atomic mass is 79.9. The number of morpholine rings is 1. The van der Waals surface area contributed by atoms with Crippen LogP contribution in [-0.2, 0) is 4.74 Å². The lowest BCUT2D eigenvalue weighted by atomic mass is 10.1. The van der Waals surface area contributed by atoms with Crippen LogP contribution in [0.2, 0.25) is 0 Å². The summed E-state index contributed by atoms with van der Waals surface area (Å²) in [5.74, 6) is 1.24. The third-order valence-corrected chi connectivity index (χ3v) is 5.54. The molecule has 0 amide bonds. The summed E-state index contributed by atoms with van der Waals surface area (Å²) in [5.41, 5.74) is 1.10. The maximum Gasteiger partial charge on any atom is 0.144 e. The molecule has 4 nitrogen and oxygen atoms in total. The molecule has 2 saturated heterocycles. The lowest BCUT2D eigenvalue weighted by Gasteiger charge is -2.34. The van der Waals surface area contributed by atoms with Crippen molar-refractivity contribution in [3.8, 4) is 0 Å². The summed E-state index contributed by atoms with van der Waals surface area (Å²) in [4.78, 5) is 10.5. The number of aromatic amines is 1. The lowest BCUT2D eigenvalue weighted by molar-refractivity contribution is -0.0542. The first-order valence-electron chi connectivity index (χ1n) is 7.21. The first kappa shape index (κ1) is 14.6. The second kappa shape index (κ2) is 5.83. The highest BCUT2D eigenvalue weighted by Crippen LogP contribution is 2.30. The Balaban J connectivity index is 1.88. The predicted octanol–water partition coefficient (Wildman–Crippen LogP) is 3.56. The van der Waals surface area contributed by atoms with Gasteiger partial charge in [0.15, 0.2) is 0 Å². The van der Waals surface area contributed by atoms with Gasteiger partial charge >= 0.3 is 0 Å². The number of hydrogen-bond donors (Lipinski definition) is 1. The Kier molecular flexibility index (Phi) is 4.26. The van der Waals surface area contributed by atoms with Crippen LogP contribution in [-0.4, -0.2) is 40.6 Å². The van der Waals surface area contributed by atoms with Gasteiger partial charge in [-0.3, -0.25) is 4.90 Å². The summed E-state index contributed by atoms with van der Waals surface area (Å²) in [6, 6.07) is 0.606. The van der Waals surface area contributed by atoms with Crippen LogP contribution >= 0.6 is 28.1 Å². The molecule has 2 atom stereocenters. The van der Waals surface area contributed by atoms with Gasteiger partial charge in [0.25, 0.3) is 0 Å². The van der Waals surface area contributed by atoms with E-state index in [0.29, 0.717) is 16.6 Å². The van der Waals surface area contributed by atoms with Crippen LogP contribution in [0.25, 0.3) is 0 Å². The van der Waals surface area contributed by atoms with Gasteiger partial charge in [0.05, 0.1) is 11.1 Å². The van der Waals surface area contributed by atoms with Gasteiger partial charge < -0.3 is 9.72 Å². The molecule has 0 radical (unpaired) electrons. The number of hydrogen-bond acceptors (Lipinski definition) is 4. The van der Waals surface area contributed by atoms with Crippen molar-refractivity contribution in [1.29, 1.82) is 0 Å². The minimum atomic E-state index is 0.0108. The highest BCUT2D eigenvalue weighted by Gasteiger charge is 2.34. The molecule has 6 heteroatoms. The lowest BCUT2D eigenvalue weighted by Crippen LogP contribution is -2.43. The third kappa shape index (κ3) is 2.71. The molecule has 0 bridgehead atoms. The maximum atomic E-state index is 6.01. The fraction of sp³-hybridized carbons (Fsp3) is 0.714. The number of rotatable bonds is 2. The summed E-state index contributed by atoms with van der Waals surface area (Å²) in [5, 5.41) is 0. The predicted molar refractivity (Wildman–Crippen MR) is 84.5 cm³/mol. The summed E-state index contributed by atoms with van der Waals surface area (Å²) in [7, 11) is 0. The number of nitrogens with one attached hydrogen (secondary N) is 1. The summed E-state index contributed by atoms with van der Waals surface area (Å²) in [6.07, 6.45) is 2.55. The van der Waals surface area contributed by atoms with Crippen molar-refractivity contribution >= 4 is 28.1 Å². The van der Waals surface area contributed by atoms with Crippen molar-refractivity contribution in [2.24, 2.45) is 0 Å². The molecule has 2 fully saturated rings. The number of ether oxygens (including phenoxy) is 1. The summed E-state index contributed by atoms with van der Waals surface area (Å²) < 4.78 is 7.53. The second-order valence-corrected chi connectivity index (χ2v) is 7.10. The van der Waals surface area contributed by atoms with Crippen LogP contribution < -0.4 is 0 Å². The average molecular weight is 358 g/mol. The van der Waals surface area contributed by atoms with Crippen LogP contribution in [0.15, 0.2) is 4.47 Å². The van der Waals surface area contributed by atoms with E-state index >= 15 is 0 Å². The van der Waals surface area contributed by atoms with E-state index in [2.05, 4.69) is 44.6 Å². The van der Waals surface area contributed by atoms with Crippen LogP contribution in [0, 0.1) is 4.64 Å². The monoisotopic (exact) mass is 357 g/mol. The van der Waals surface area contributed by atoms with E-state index in [0.717, 1.165) is 29.1 Å². The van der Waals surface area contributed by atoms with E-state index in [1.807, 2.05) is 0 Å². The molecule has 0 aromatic carbocycles. The van der Waals surface area contributed by atoms with Crippen LogP contribution in [0.1, 0.15) is 50.2 Å². The normalized spacial score (nSPS) is 27.0. The molecular weight excluding hydrogens is 338 g/mol. The Morgan fingerprint density at radius 2 is 2.30 bits per heavy atom. The quantitative estimate of drug-likeness (QED) is 0.821. The van der Waals surface area contributed by atoms with Gasteiger partial charge in [-0.05, 0) is 41.2 Å². The number of fused-ring (bicyclic) bond motifs is 1. The first-order chi connectivity index (χ1) is 9.56. The minimum Gasteiger partial charge on any atom is -0.367 e. The Labute approximate surface area is 133 Å². The minimum absolute atomic E-state index is 0.0108. The zero-order valence-corrected chi connectivity index (χ0v) is 14.3. The van der Waals surface area contributed by atoms with Crippen molar-refractivity contribution < 1.29 is 4.74 Å². The number of halogens is 1. The smallest absolute Gasteiger partial charge is 0.144 e. The molecule has 110 valence electrons. The van der Waals surface area contributed by atoms with Crippen LogP contribution in [0.3, 0.4) is 0 Å². The van der Waals surface area contributed by atoms with Crippen molar-refractivity contribution in [3.63, 3.8) is 0 Å². The maximum absolute atomic E-state index is 6.01. The van der Waals surface area contributed by atoms with Gasteiger partial charge in [-0.1, -0.05) is 26.1 Å². The third-order valence-electron chi connectivity index (χ3n) is 4.18. The topological polar surface area (TPSA) is 41.2 Å². The first-order valence-corrected chi connectivity index (χ1v) is 8.41. The Bertz CT molecular complexity index is 560. The Hall–Kier alpha value is -0.300. The molecular formula is C14H20BrN3OS. The van der Waals surface area contributed by atoms with E-state index in [1.165, 1.54) is 19.4 Å². The average Bonchev–Trinajstić information content (AvgIpc) is 2.88. The molecule has 3 rings (SSSR count). The summed E-state index contributed by atoms with van der Waals surface area (Å²) >= 11 is 8.90. The zero-order chi connectivity index (χ0) is 14.3. The number of nitrogens with zero attached hydrogens (tertiary/aromatic N) is 2.